The lowest BCUT2D eigenvalue weighted by molar-refractivity contribution is -0.152. The summed E-state index contributed by atoms with van der Waals surface area (Å²) in [6, 6.07) is 9.18. The van der Waals surface area contributed by atoms with Crippen LogP contribution in [0, 0.1) is 12.3 Å². The second kappa shape index (κ2) is 8.04. The molecule has 3 rings (SSSR count). The number of amides is 1. The normalized spacial score (nSPS) is 16.4. The lowest BCUT2D eigenvalue weighted by atomic mass is 9.77. The van der Waals surface area contributed by atoms with Gasteiger partial charge in [-0.15, -0.1) is 0 Å². The van der Waals surface area contributed by atoms with Crippen molar-refractivity contribution in [3.05, 3.63) is 46.4 Å². The number of rotatable bonds is 5. The minimum absolute atomic E-state index is 0.110. The van der Waals surface area contributed by atoms with Gasteiger partial charge in [0.1, 0.15) is 5.69 Å². The maximum absolute atomic E-state index is 12.9. The molecule has 1 aromatic carbocycles. The molecule has 0 atom stereocenters. The maximum Gasteiger partial charge on any atom is 0.310 e. The first-order valence-electron chi connectivity index (χ1n) is 9.73. The third-order valence-electron chi connectivity index (χ3n) is 5.83. The number of carbonyl (C=O) groups is 2. The molecule has 7 nitrogen and oxygen atoms in total. The number of para-hydroxylation sites is 1. The van der Waals surface area contributed by atoms with Crippen molar-refractivity contribution in [2.45, 2.75) is 51.9 Å². The van der Waals surface area contributed by atoms with Crippen LogP contribution in [0.4, 0.5) is 5.69 Å². The summed E-state index contributed by atoms with van der Waals surface area (Å²) in [5.41, 5.74) is 0.147. The van der Waals surface area contributed by atoms with E-state index < -0.39 is 17.3 Å². The highest BCUT2D eigenvalue weighted by Gasteiger charge is 2.40. The Kier molecular flexibility index (Phi) is 5.72. The van der Waals surface area contributed by atoms with E-state index in [0.29, 0.717) is 24.2 Å². The number of aliphatic carboxylic acids is 1. The molecule has 1 heterocycles. The van der Waals surface area contributed by atoms with Gasteiger partial charge in [-0.25, -0.2) is 4.68 Å². The van der Waals surface area contributed by atoms with E-state index in [0.717, 1.165) is 25.7 Å². The van der Waals surface area contributed by atoms with Crippen molar-refractivity contribution in [2.24, 2.45) is 12.5 Å². The van der Waals surface area contributed by atoms with Crippen LogP contribution in [0.15, 0.2) is 35.1 Å². The number of nitrogens with one attached hydrogen (secondary N) is 1. The molecule has 1 aliphatic rings. The van der Waals surface area contributed by atoms with Gasteiger partial charge in [-0.3, -0.25) is 19.1 Å². The fraction of sp³-hybridized carbons (Fsp3) is 0.476. The standard InChI is InChI=1S/C21H27N3O4/c1-15-18(19(26)24(23(15)2)16-10-6-5-7-11-16)22-17(25)14-21(20(27)28)12-8-3-4-9-13-21/h5-7,10-11H,3-4,8-9,12-14H2,1-2H3,(H,22,25)(H,27,28). The Hall–Kier alpha value is -2.83. The van der Waals surface area contributed by atoms with Crippen molar-refractivity contribution >= 4 is 17.6 Å². The Morgan fingerprint density at radius 1 is 1.11 bits per heavy atom. The molecule has 1 aliphatic carbocycles. The summed E-state index contributed by atoms with van der Waals surface area (Å²) in [4.78, 5) is 37.6. The summed E-state index contributed by atoms with van der Waals surface area (Å²) < 4.78 is 3.18. The van der Waals surface area contributed by atoms with Gasteiger partial charge in [0.05, 0.1) is 16.8 Å². The molecular formula is C21H27N3O4. The van der Waals surface area contributed by atoms with E-state index in [9.17, 15) is 19.5 Å². The molecule has 2 N–H and O–H groups in total. The van der Waals surface area contributed by atoms with E-state index in [1.165, 1.54) is 4.68 Å². The molecule has 0 bridgehead atoms. The lowest BCUT2D eigenvalue weighted by Gasteiger charge is -2.27. The smallest absolute Gasteiger partial charge is 0.310 e. The van der Waals surface area contributed by atoms with Crippen LogP contribution < -0.4 is 10.9 Å². The van der Waals surface area contributed by atoms with Gasteiger partial charge < -0.3 is 10.4 Å². The van der Waals surface area contributed by atoms with Crippen LogP contribution in [0.3, 0.4) is 0 Å². The van der Waals surface area contributed by atoms with Crippen LogP contribution in [-0.4, -0.2) is 26.3 Å². The first-order chi connectivity index (χ1) is 13.4. The average molecular weight is 385 g/mol. The SMILES string of the molecule is Cc1c(NC(=O)CC2(C(=O)O)CCCCCC2)c(=O)n(-c2ccccc2)n1C. The fourth-order valence-electron chi connectivity index (χ4n) is 4.07. The van der Waals surface area contributed by atoms with Gasteiger partial charge in [0.25, 0.3) is 5.56 Å². The first-order valence-corrected chi connectivity index (χ1v) is 9.73. The van der Waals surface area contributed by atoms with Crippen molar-refractivity contribution in [1.29, 1.82) is 0 Å². The second-order valence-electron chi connectivity index (χ2n) is 7.66. The highest BCUT2D eigenvalue weighted by atomic mass is 16.4. The van der Waals surface area contributed by atoms with E-state index in [4.69, 9.17) is 0 Å². The molecule has 150 valence electrons. The number of carboxylic acids is 1. The lowest BCUT2D eigenvalue weighted by Crippen LogP contribution is -2.35. The summed E-state index contributed by atoms with van der Waals surface area (Å²) in [5.74, 6) is -1.34. The topological polar surface area (TPSA) is 93.3 Å². The zero-order valence-corrected chi connectivity index (χ0v) is 16.4. The van der Waals surface area contributed by atoms with Gasteiger partial charge in [0.15, 0.2) is 0 Å². The number of anilines is 1. The average Bonchev–Trinajstić information content (AvgIpc) is 2.85. The van der Waals surface area contributed by atoms with Crippen LogP contribution in [0.2, 0.25) is 0 Å². The molecule has 1 aromatic heterocycles. The summed E-state index contributed by atoms with van der Waals surface area (Å²) in [6.45, 7) is 1.76. The van der Waals surface area contributed by atoms with Gasteiger partial charge in [-0.1, -0.05) is 43.9 Å². The van der Waals surface area contributed by atoms with Crippen molar-refractivity contribution in [3.8, 4) is 5.69 Å². The molecule has 1 saturated carbocycles. The molecule has 2 aromatic rings. The highest BCUT2D eigenvalue weighted by molar-refractivity contribution is 5.94. The number of nitrogens with zero attached hydrogens (tertiary/aromatic N) is 2. The van der Waals surface area contributed by atoms with Gasteiger partial charge >= 0.3 is 5.97 Å². The van der Waals surface area contributed by atoms with E-state index in [-0.39, 0.29) is 17.7 Å². The predicted molar refractivity (Wildman–Crippen MR) is 107 cm³/mol. The van der Waals surface area contributed by atoms with Crippen molar-refractivity contribution < 1.29 is 14.7 Å². The van der Waals surface area contributed by atoms with E-state index >= 15 is 0 Å². The number of hydrogen-bond acceptors (Lipinski definition) is 3. The number of carbonyl (C=O) groups excluding carboxylic acids is 1. The molecule has 0 spiro atoms. The van der Waals surface area contributed by atoms with Gasteiger partial charge in [-0.2, -0.15) is 0 Å². The Morgan fingerprint density at radius 2 is 1.71 bits per heavy atom. The number of hydrogen-bond donors (Lipinski definition) is 2. The van der Waals surface area contributed by atoms with E-state index in [1.54, 1.807) is 18.7 Å². The van der Waals surface area contributed by atoms with Crippen LogP contribution in [-0.2, 0) is 16.6 Å². The van der Waals surface area contributed by atoms with Crippen molar-refractivity contribution in [3.63, 3.8) is 0 Å². The number of benzene rings is 1. The minimum atomic E-state index is -1.04. The monoisotopic (exact) mass is 385 g/mol. The Bertz CT molecular complexity index is 919. The summed E-state index contributed by atoms with van der Waals surface area (Å²) >= 11 is 0. The first kappa shape index (κ1) is 19.9. The molecule has 7 heteroatoms. The van der Waals surface area contributed by atoms with E-state index in [2.05, 4.69) is 5.32 Å². The van der Waals surface area contributed by atoms with Crippen molar-refractivity contribution in [2.75, 3.05) is 5.32 Å². The third-order valence-corrected chi connectivity index (χ3v) is 5.83. The quantitative estimate of drug-likeness (QED) is 0.773. The van der Waals surface area contributed by atoms with Crippen LogP contribution in [0.1, 0.15) is 50.6 Å². The Balaban J connectivity index is 1.86. The zero-order chi connectivity index (χ0) is 20.3. The number of aromatic nitrogens is 2. The summed E-state index contributed by atoms with van der Waals surface area (Å²) in [6.07, 6.45) is 4.50. The van der Waals surface area contributed by atoms with Gasteiger partial charge in [0.2, 0.25) is 5.91 Å². The van der Waals surface area contributed by atoms with Crippen LogP contribution in [0.5, 0.6) is 0 Å². The predicted octanol–water partition coefficient (Wildman–Crippen LogP) is 3.24. The fourth-order valence-corrected chi connectivity index (χ4v) is 4.07. The Morgan fingerprint density at radius 3 is 2.29 bits per heavy atom. The molecule has 1 amide bonds. The highest BCUT2D eigenvalue weighted by Crippen LogP contribution is 2.38. The molecule has 28 heavy (non-hydrogen) atoms. The maximum atomic E-state index is 12.9. The second-order valence-corrected chi connectivity index (χ2v) is 7.66. The molecule has 0 saturated heterocycles. The summed E-state index contributed by atoms with van der Waals surface area (Å²) in [5, 5.41) is 12.5. The Labute approximate surface area is 164 Å². The van der Waals surface area contributed by atoms with Crippen LogP contribution in [0.25, 0.3) is 5.69 Å². The molecule has 0 aliphatic heterocycles. The number of carboxylic acid groups (broad SMARTS) is 1. The molecular weight excluding hydrogens is 358 g/mol. The molecule has 0 radical (unpaired) electrons. The molecule has 1 fully saturated rings. The summed E-state index contributed by atoms with van der Waals surface area (Å²) in [7, 11) is 1.75. The third kappa shape index (κ3) is 3.74. The van der Waals surface area contributed by atoms with Gasteiger partial charge in [-0.05, 0) is 31.9 Å². The minimum Gasteiger partial charge on any atom is -0.481 e. The van der Waals surface area contributed by atoms with Gasteiger partial charge in [0, 0.05) is 13.5 Å². The van der Waals surface area contributed by atoms with Crippen molar-refractivity contribution in [1.82, 2.24) is 9.36 Å². The zero-order valence-electron chi connectivity index (χ0n) is 16.4. The van der Waals surface area contributed by atoms with E-state index in [1.807, 2.05) is 30.3 Å². The molecule has 0 unspecified atom stereocenters. The van der Waals surface area contributed by atoms with Crippen LogP contribution >= 0.6 is 0 Å². The largest absolute Gasteiger partial charge is 0.481 e.